The molecule has 0 amide bonds. The molecule has 2 heterocycles. The van der Waals surface area contributed by atoms with Gasteiger partial charge in [-0.25, -0.2) is 9.78 Å². The molecule has 0 aliphatic carbocycles. The van der Waals surface area contributed by atoms with Crippen molar-refractivity contribution < 1.29 is 22.7 Å². The van der Waals surface area contributed by atoms with Crippen LogP contribution in [-0.2, 0) is 21.2 Å². The van der Waals surface area contributed by atoms with E-state index in [1.807, 2.05) is 0 Å². The van der Waals surface area contributed by atoms with Crippen LogP contribution in [0.25, 0.3) is 0 Å². The van der Waals surface area contributed by atoms with Crippen molar-refractivity contribution in [2.45, 2.75) is 63.3 Å². The van der Waals surface area contributed by atoms with Crippen LogP contribution in [0.4, 0.5) is 13.2 Å². The molecule has 0 spiro atoms. The minimum Gasteiger partial charge on any atom is -0.460 e. The van der Waals surface area contributed by atoms with Gasteiger partial charge in [-0.15, -0.1) is 0 Å². The number of alkyl halides is 3. The van der Waals surface area contributed by atoms with Crippen LogP contribution in [0.5, 0.6) is 0 Å². The summed E-state index contributed by atoms with van der Waals surface area (Å²) < 4.78 is 46.0. The highest BCUT2D eigenvalue weighted by Gasteiger charge is 2.51. The van der Waals surface area contributed by atoms with Gasteiger partial charge in [0.15, 0.2) is 5.54 Å². The average molecular weight is 380 g/mol. The molecule has 3 rings (SSSR count). The van der Waals surface area contributed by atoms with Crippen LogP contribution in [0.3, 0.4) is 0 Å². The summed E-state index contributed by atoms with van der Waals surface area (Å²) in [6.07, 6.45) is 5.47. The van der Waals surface area contributed by atoms with E-state index in [4.69, 9.17) is 4.74 Å². The van der Waals surface area contributed by atoms with Gasteiger partial charge in [0.05, 0.1) is 11.9 Å². The Kier molecular flexibility index (Phi) is 5.58. The van der Waals surface area contributed by atoms with Gasteiger partial charge >= 0.3 is 12.1 Å². The molecule has 1 aromatic carbocycles. The second kappa shape index (κ2) is 7.74. The van der Waals surface area contributed by atoms with E-state index in [2.05, 4.69) is 11.9 Å². The smallest absolute Gasteiger partial charge is 0.416 e. The Hall–Kier alpha value is -2.31. The first-order valence-corrected chi connectivity index (χ1v) is 9.25. The third kappa shape index (κ3) is 3.87. The number of cyclic esters (lactones) is 1. The highest BCUT2D eigenvalue weighted by Crippen LogP contribution is 2.41. The largest absolute Gasteiger partial charge is 0.460 e. The molecule has 2 unspecified atom stereocenters. The van der Waals surface area contributed by atoms with Crippen LogP contribution in [0.1, 0.15) is 56.6 Å². The first kappa shape index (κ1) is 19.5. The molecule has 2 atom stereocenters. The number of imidazole rings is 1. The zero-order valence-corrected chi connectivity index (χ0v) is 15.2. The topological polar surface area (TPSA) is 44.1 Å². The standard InChI is InChI=1S/C20H23F3N2O2/c1-2-3-4-5-6-17-13-19(18(26)27-17,25-12-11-24-14-25)15-7-9-16(10-8-15)20(21,22)23/h7-12,14,17H,2-6,13H2,1H3. The Morgan fingerprint density at radius 3 is 2.56 bits per heavy atom. The molecule has 1 aliphatic heterocycles. The molecule has 1 aromatic heterocycles. The number of hydrogen-bond acceptors (Lipinski definition) is 3. The molecule has 146 valence electrons. The Labute approximate surface area is 156 Å². The van der Waals surface area contributed by atoms with Crippen LogP contribution in [0, 0.1) is 0 Å². The lowest BCUT2D eigenvalue weighted by Gasteiger charge is -2.27. The lowest BCUT2D eigenvalue weighted by molar-refractivity contribution is -0.146. The van der Waals surface area contributed by atoms with Gasteiger partial charge in [0.1, 0.15) is 6.10 Å². The van der Waals surface area contributed by atoms with Crippen molar-refractivity contribution in [3.8, 4) is 0 Å². The molecule has 1 fully saturated rings. The van der Waals surface area contributed by atoms with Gasteiger partial charge in [0, 0.05) is 18.8 Å². The van der Waals surface area contributed by atoms with Crippen molar-refractivity contribution in [3.05, 3.63) is 54.1 Å². The van der Waals surface area contributed by atoms with Crippen molar-refractivity contribution in [2.24, 2.45) is 0 Å². The highest BCUT2D eigenvalue weighted by atomic mass is 19.4. The zero-order chi connectivity index (χ0) is 19.5. The number of carbonyl (C=O) groups is 1. The molecule has 1 saturated heterocycles. The number of nitrogens with zero attached hydrogens (tertiary/aromatic N) is 2. The summed E-state index contributed by atoms with van der Waals surface area (Å²) in [6.45, 7) is 2.13. The number of unbranched alkanes of at least 4 members (excludes halogenated alkanes) is 3. The maximum absolute atomic E-state index is 12.9. The number of carbonyl (C=O) groups excluding carboxylic acids is 1. The number of rotatable bonds is 7. The fourth-order valence-corrected chi connectivity index (χ4v) is 3.68. The lowest BCUT2D eigenvalue weighted by atomic mass is 9.85. The second-order valence-corrected chi connectivity index (χ2v) is 6.99. The maximum Gasteiger partial charge on any atom is 0.416 e. The molecule has 0 radical (unpaired) electrons. The number of benzene rings is 1. The highest BCUT2D eigenvalue weighted by molar-refractivity contribution is 5.85. The number of esters is 1. The second-order valence-electron chi connectivity index (χ2n) is 6.99. The van der Waals surface area contributed by atoms with Crippen molar-refractivity contribution in [2.75, 3.05) is 0 Å². The summed E-state index contributed by atoms with van der Waals surface area (Å²) in [5, 5.41) is 0. The van der Waals surface area contributed by atoms with Crippen molar-refractivity contribution in [1.29, 1.82) is 0 Å². The Morgan fingerprint density at radius 1 is 1.22 bits per heavy atom. The maximum atomic E-state index is 12.9. The molecule has 1 aliphatic rings. The third-order valence-electron chi connectivity index (χ3n) is 5.15. The molecule has 0 N–H and O–H groups in total. The van der Waals surface area contributed by atoms with Crippen molar-refractivity contribution >= 4 is 5.97 Å². The van der Waals surface area contributed by atoms with Gasteiger partial charge < -0.3 is 9.30 Å². The molecule has 0 bridgehead atoms. The third-order valence-corrected chi connectivity index (χ3v) is 5.15. The van der Waals surface area contributed by atoms with Gasteiger partial charge in [-0.3, -0.25) is 0 Å². The van der Waals surface area contributed by atoms with Gasteiger partial charge in [-0.2, -0.15) is 13.2 Å². The van der Waals surface area contributed by atoms with Crippen LogP contribution in [-0.4, -0.2) is 21.6 Å². The number of ether oxygens (including phenoxy) is 1. The molecule has 2 aromatic rings. The van der Waals surface area contributed by atoms with Crippen molar-refractivity contribution in [1.82, 2.24) is 9.55 Å². The fraction of sp³-hybridized carbons (Fsp3) is 0.500. The van der Waals surface area contributed by atoms with E-state index in [0.717, 1.165) is 44.2 Å². The Balaban J connectivity index is 1.89. The summed E-state index contributed by atoms with van der Waals surface area (Å²) in [5.41, 5.74) is -1.43. The minimum absolute atomic E-state index is 0.251. The predicted molar refractivity (Wildman–Crippen MR) is 94.0 cm³/mol. The molecule has 4 nitrogen and oxygen atoms in total. The van der Waals surface area contributed by atoms with Crippen LogP contribution < -0.4 is 0 Å². The normalized spacial score (nSPS) is 22.8. The Morgan fingerprint density at radius 2 is 1.96 bits per heavy atom. The van der Waals surface area contributed by atoms with Crippen LogP contribution in [0.2, 0.25) is 0 Å². The number of hydrogen-bond donors (Lipinski definition) is 0. The molecule has 27 heavy (non-hydrogen) atoms. The minimum atomic E-state index is -4.42. The van der Waals surface area contributed by atoms with E-state index in [1.54, 1.807) is 17.0 Å². The summed E-state index contributed by atoms with van der Waals surface area (Å²) >= 11 is 0. The van der Waals surface area contributed by atoms with Crippen molar-refractivity contribution in [3.63, 3.8) is 0 Å². The van der Waals surface area contributed by atoms with E-state index in [-0.39, 0.29) is 6.10 Å². The van der Waals surface area contributed by atoms with E-state index < -0.39 is 23.2 Å². The first-order chi connectivity index (χ1) is 12.9. The summed E-state index contributed by atoms with van der Waals surface area (Å²) in [5.74, 6) is -0.444. The summed E-state index contributed by atoms with van der Waals surface area (Å²) in [6, 6.07) is 4.75. The van der Waals surface area contributed by atoms with Crippen LogP contribution in [0.15, 0.2) is 43.0 Å². The molecule has 0 saturated carbocycles. The summed E-state index contributed by atoms with van der Waals surface area (Å²) in [7, 11) is 0. The summed E-state index contributed by atoms with van der Waals surface area (Å²) in [4.78, 5) is 16.9. The molecule has 7 heteroatoms. The monoisotopic (exact) mass is 380 g/mol. The number of halogens is 3. The quantitative estimate of drug-likeness (QED) is 0.505. The van der Waals surface area contributed by atoms with Gasteiger partial charge in [0.2, 0.25) is 0 Å². The van der Waals surface area contributed by atoms with Gasteiger partial charge in [-0.05, 0) is 30.5 Å². The molecular weight excluding hydrogens is 357 g/mol. The molecular formula is C20H23F3N2O2. The van der Waals surface area contributed by atoms with E-state index in [9.17, 15) is 18.0 Å². The van der Waals surface area contributed by atoms with Gasteiger partial charge in [0.25, 0.3) is 0 Å². The van der Waals surface area contributed by atoms with E-state index >= 15 is 0 Å². The zero-order valence-electron chi connectivity index (χ0n) is 15.2. The Bertz CT molecular complexity index is 757. The first-order valence-electron chi connectivity index (χ1n) is 9.25. The average Bonchev–Trinajstić information content (AvgIpc) is 3.27. The van der Waals surface area contributed by atoms with E-state index in [0.29, 0.717) is 12.0 Å². The van der Waals surface area contributed by atoms with Gasteiger partial charge in [-0.1, -0.05) is 38.3 Å². The fourth-order valence-electron chi connectivity index (χ4n) is 3.68. The van der Waals surface area contributed by atoms with Crippen LogP contribution >= 0.6 is 0 Å². The number of aromatic nitrogens is 2. The SMILES string of the molecule is CCCCCCC1CC(c2ccc(C(F)(F)F)cc2)(n2ccnc2)C(=O)O1. The predicted octanol–water partition coefficient (Wildman–Crippen LogP) is 4.93. The van der Waals surface area contributed by atoms with E-state index in [1.165, 1.54) is 18.5 Å². The lowest BCUT2D eigenvalue weighted by Crippen LogP contribution is -2.39.